The minimum atomic E-state index is -4.52. The lowest BCUT2D eigenvalue weighted by Crippen LogP contribution is -2.09. The number of rotatable bonds is 4. The number of aromatic nitrogens is 6. The summed E-state index contributed by atoms with van der Waals surface area (Å²) in [5, 5.41) is 11.4. The molecule has 3 aromatic rings. The van der Waals surface area contributed by atoms with Crippen molar-refractivity contribution < 1.29 is 13.2 Å². The van der Waals surface area contributed by atoms with Crippen LogP contribution >= 0.6 is 11.8 Å². The van der Waals surface area contributed by atoms with E-state index in [1.54, 1.807) is 0 Å². The SMILES string of the molecule is FC(F)(F)c1ccnc(Sc2nnnn2Cc2ccccc2)n1. The molecule has 0 aliphatic rings. The zero-order valence-electron chi connectivity index (χ0n) is 11.5. The van der Waals surface area contributed by atoms with Gasteiger partial charge in [0, 0.05) is 6.20 Å². The van der Waals surface area contributed by atoms with Crippen molar-refractivity contribution >= 4 is 11.8 Å². The Kier molecular flexibility index (Phi) is 4.24. The van der Waals surface area contributed by atoms with E-state index in [-0.39, 0.29) is 5.16 Å². The molecule has 0 saturated heterocycles. The van der Waals surface area contributed by atoms with Gasteiger partial charge in [-0.25, -0.2) is 14.6 Å². The molecule has 0 spiro atoms. The number of alkyl halides is 3. The summed E-state index contributed by atoms with van der Waals surface area (Å²) in [5.74, 6) is 0. The van der Waals surface area contributed by atoms with Gasteiger partial charge in [0.25, 0.3) is 0 Å². The van der Waals surface area contributed by atoms with E-state index in [2.05, 4.69) is 25.5 Å². The van der Waals surface area contributed by atoms with Gasteiger partial charge in [-0.15, -0.1) is 5.10 Å². The predicted molar refractivity (Wildman–Crippen MR) is 74.5 cm³/mol. The van der Waals surface area contributed by atoms with E-state index in [1.807, 2.05) is 30.3 Å². The van der Waals surface area contributed by atoms with E-state index in [0.717, 1.165) is 29.6 Å². The molecule has 0 unspecified atom stereocenters. The molecule has 3 rings (SSSR count). The van der Waals surface area contributed by atoms with Gasteiger partial charge in [-0.3, -0.25) is 0 Å². The maximum absolute atomic E-state index is 12.7. The number of halogens is 3. The van der Waals surface area contributed by atoms with Crippen LogP contribution in [0.15, 0.2) is 52.9 Å². The van der Waals surface area contributed by atoms with Crippen LogP contribution in [0.2, 0.25) is 0 Å². The van der Waals surface area contributed by atoms with Gasteiger partial charge in [-0.2, -0.15) is 13.2 Å². The van der Waals surface area contributed by atoms with Crippen molar-refractivity contribution in [2.75, 3.05) is 0 Å². The lowest BCUT2D eigenvalue weighted by molar-refractivity contribution is -0.141. The molecule has 0 saturated carbocycles. The molecule has 118 valence electrons. The summed E-state index contributed by atoms with van der Waals surface area (Å²) < 4.78 is 39.5. The van der Waals surface area contributed by atoms with E-state index in [9.17, 15) is 13.2 Å². The highest BCUT2D eigenvalue weighted by Gasteiger charge is 2.33. The van der Waals surface area contributed by atoms with E-state index < -0.39 is 11.9 Å². The van der Waals surface area contributed by atoms with Crippen LogP contribution < -0.4 is 0 Å². The van der Waals surface area contributed by atoms with Crippen LogP contribution in [0.1, 0.15) is 11.3 Å². The number of nitrogens with zero attached hydrogens (tertiary/aromatic N) is 6. The molecule has 0 N–H and O–H groups in total. The fraction of sp³-hybridized carbons (Fsp3) is 0.154. The highest BCUT2D eigenvalue weighted by atomic mass is 32.2. The van der Waals surface area contributed by atoms with E-state index >= 15 is 0 Å². The van der Waals surface area contributed by atoms with Gasteiger partial charge in [0.2, 0.25) is 5.16 Å². The molecule has 0 atom stereocenters. The third-order valence-corrected chi connectivity index (χ3v) is 3.63. The number of hydrogen-bond acceptors (Lipinski definition) is 6. The molecule has 0 bridgehead atoms. The summed E-state index contributed by atoms with van der Waals surface area (Å²) in [6.45, 7) is 0.398. The molecule has 2 heterocycles. The monoisotopic (exact) mass is 338 g/mol. The molecular formula is C13H9F3N6S. The second-order valence-electron chi connectivity index (χ2n) is 4.43. The minimum absolute atomic E-state index is 0.0658. The molecule has 6 nitrogen and oxygen atoms in total. The molecule has 0 fully saturated rings. The zero-order valence-corrected chi connectivity index (χ0v) is 12.3. The lowest BCUT2D eigenvalue weighted by Gasteiger charge is -2.07. The number of benzene rings is 1. The summed E-state index contributed by atoms with van der Waals surface area (Å²) >= 11 is 0.875. The van der Waals surface area contributed by atoms with Gasteiger partial charge in [0.05, 0.1) is 6.54 Å². The normalized spacial score (nSPS) is 11.6. The van der Waals surface area contributed by atoms with E-state index in [4.69, 9.17) is 0 Å². The first kappa shape index (κ1) is 15.4. The predicted octanol–water partition coefficient (Wildman–Crippen LogP) is 2.68. The average Bonchev–Trinajstić information content (AvgIpc) is 2.95. The van der Waals surface area contributed by atoms with Crippen LogP contribution in [0.3, 0.4) is 0 Å². The molecule has 10 heteroatoms. The highest BCUT2D eigenvalue weighted by Crippen LogP contribution is 2.29. The first-order chi connectivity index (χ1) is 11.0. The minimum Gasteiger partial charge on any atom is -0.231 e. The average molecular weight is 338 g/mol. The van der Waals surface area contributed by atoms with Gasteiger partial charge in [-0.1, -0.05) is 30.3 Å². The van der Waals surface area contributed by atoms with Crippen LogP contribution in [-0.4, -0.2) is 30.2 Å². The number of tetrazole rings is 1. The van der Waals surface area contributed by atoms with Gasteiger partial charge < -0.3 is 0 Å². The summed E-state index contributed by atoms with van der Waals surface area (Å²) in [6.07, 6.45) is -3.46. The van der Waals surface area contributed by atoms with E-state index in [1.165, 1.54) is 4.68 Å². The van der Waals surface area contributed by atoms with Gasteiger partial charge >= 0.3 is 6.18 Å². The van der Waals surface area contributed by atoms with Crippen LogP contribution in [0.4, 0.5) is 13.2 Å². The molecule has 0 radical (unpaired) electrons. The molecule has 0 aliphatic heterocycles. The Labute approximate surface area is 132 Å². The largest absolute Gasteiger partial charge is 0.433 e. The van der Waals surface area contributed by atoms with Crippen LogP contribution in [0.25, 0.3) is 0 Å². The van der Waals surface area contributed by atoms with Crippen molar-refractivity contribution in [2.24, 2.45) is 0 Å². The Bertz CT molecular complexity index is 790. The molecule has 0 aliphatic carbocycles. The van der Waals surface area contributed by atoms with Crippen LogP contribution in [0, 0.1) is 0 Å². The second-order valence-corrected chi connectivity index (χ2v) is 5.36. The van der Waals surface area contributed by atoms with Crippen LogP contribution in [0.5, 0.6) is 0 Å². The first-order valence-electron chi connectivity index (χ1n) is 6.40. The maximum atomic E-state index is 12.7. The van der Waals surface area contributed by atoms with Crippen molar-refractivity contribution in [3.63, 3.8) is 0 Å². The number of hydrogen-bond donors (Lipinski definition) is 0. The lowest BCUT2D eigenvalue weighted by atomic mass is 10.2. The van der Waals surface area contributed by atoms with Crippen molar-refractivity contribution in [2.45, 2.75) is 23.0 Å². The highest BCUT2D eigenvalue weighted by molar-refractivity contribution is 7.99. The summed E-state index contributed by atoms with van der Waals surface area (Å²) in [5.41, 5.74) is -0.0382. The zero-order chi connectivity index (χ0) is 16.3. The smallest absolute Gasteiger partial charge is 0.231 e. The van der Waals surface area contributed by atoms with Gasteiger partial charge in [0.15, 0.2) is 5.16 Å². The molecular weight excluding hydrogens is 329 g/mol. The molecule has 0 amide bonds. The Balaban J connectivity index is 1.81. The Morgan fingerprint density at radius 2 is 1.87 bits per heavy atom. The standard InChI is InChI=1S/C13H9F3N6S/c14-13(15,16)10-6-7-17-11(18-10)23-12-19-20-21-22(12)8-9-4-2-1-3-5-9/h1-7H,8H2. The Morgan fingerprint density at radius 1 is 1.09 bits per heavy atom. The van der Waals surface area contributed by atoms with Crippen molar-refractivity contribution in [1.29, 1.82) is 0 Å². The van der Waals surface area contributed by atoms with Crippen molar-refractivity contribution in [1.82, 2.24) is 30.2 Å². The Morgan fingerprint density at radius 3 is 2.61 bits per heavy atom. The van der Waals surface area contributed by atoms with Crippen molar-refractivity contribution in [3.8, 4) is 0 Å². The summed E-state index contributed by atoms with van der Waals surface area (Å²) in [4.78, 5) is 7.30. The summed E-state index contributed by atoms with van der Waals surface area (Å²) in [6, 6.07) is 10.3. The topological polar surface area (TPSA) is 69.4 Å². The third-order valence-electron chi connectivity index (χ3n) is 2.78. The van der Waals surface area contributed by atoms with Gasteiger partial charge in [-0.05, 0) is 33.8 Å². The van der Waals surface area contributed by atoms with Crippen molar-refractivity contribution in [3.05, 3.63) is 53.9 Å². The fourth-order valence-corrected chi connectivity index (χ4v) is 2.46. The Hall–Kier alpha value is -2.49. The summed E-state index contributed by atoms with van der Waals surface area (Å²) in [7, 11) is 0. The van der Waals surface area contributed by atoms with Gasteiger partial charge in [0.1, 0.15) is 5.69 Å². The fourth-order valence-electron chi connectivity index (χ4n) is 1.75. The molecule has 2 aromatic heterocycles. The van der Waals surface area contributed by atoms with E-state index in [0.29, 0.717) is 11.7 Å². The molecule has 1 aromatic carbocycles. The maximum Gasteiger partial charge on any atom is 0.433 e. The third kappa shape index (κ3) is 3.83. The first-order valence-corrected chi connectivity index (χ1v) is 7.22. The quantitative estimate of drug-likeness (QED) is 0.681. The molecule has 23 heavy (non-hydrogen) atoms. The van der Waals surface area contributed by atoms with Crippen LogP contribution in [-0.2, 0) is 12.7 Å². The second kappa shape index (κ2) is 6.32.